The normalized spacial score (nSPS) is 52.1. The van der Waals surface area contributed by atoms with Gasteiger partial charge in [-0.15, -0.1) is 0 Å². The minimum Gasteiger partial charge on any atom is -0.389 e. The van der Waals surface area contributed by atoms with Crippen molar-refractivity contribution in [1.82, 2.24) is 0 Å². The van der Waals surface area contributed by atoms with Crippen molar-refractivity contribution >= 4 is 0 Å². The van der Waals surface area contributed by atoms with Gasteiger partial charge in [0.15, 0.2) is 0 Å². The van der Waals surface area contributed by atoms with E-state index in [4.69, 9.17) is 0 Å². The van der Waals surface area contributed by atoms with Crippen molar-refractivity contribution in [1.29, 1.82) is 0 Å². The molecule has 0 aromatic carbocycles. The second-order valence-corrected chi connectivity index (χ2v) is 6.71. The van der Waals surface area contributed by atoms with Crippen LogP contribution in [0.4, 0.5) is 0 Å². The maximum atomic E-state index is 11.0. The number of fused-ring (bicyclic) bond motifs is 2. The van der Waals surface area contributed by atoms with Crippen LogP contribution in [-0.2, 0) is 0 Å². The van der Waals surface area contributed by atoms with E-state index in [-0.39, 0.29) is 5.60 Å². The number of hydrogen-bond donors (Lipinski definition) is 1. The third-order valence-electron chi connectivity index (χ3n) is 5.93. The van der Waals surface area contributed by atoms with Gasteiger partial charge in [-0.25, -0.2) is 0 Å². The van der Waals surface area contributed by atoms with Crippen LogP contribution in [0.3, 0.4) is 0 Å². The molecule has 5 unspecified atom stereocenters. The maximum Gasteiger partial charge on any atom is 0.0706 e. The second-order valence-electron chi connectivity index (χ2n) is 6.71. The van der Waals surface area contributed by atoms with E-state index in [2.05, 4.69) is 6.92 Å². The lowest BCUT2D eigenvalue weighted by Crippen LogP contribution is -2.44. The van der Waals surface area contributed by atoms with Crippen LogP contribution in [0, 0.1) is 23.7 Å². The van der Waals surface area contributed by atoms with Crippen molar-refractivity contribution in [3.05, 3.63) is 0 Å². The highest BCUT2D eigenvalue weighted by molar-refractivity contribution is 5.05. The molecule has 0 aromatic rings. The predicted octanol–water partition coefficient (Wildman–Crippen LogP) is 3.75. The molecule has 3 saturated carbocycles. The van der Waals surface area contributed by atoms with Crippen molar-refractivity contribution in [2.24, 2.45) is 23.7 Å². The van der Waals surface area contributed by atoms with Gasteiger partial charge in [-0.05, 0) is 62.2 Å². The summed E-state index contributed by atoms with van der Waals surface area (Å²) in [5.41, 5.74) is -0.239. The van der Waals surface area contributed by atoms with Gasteiger partial charge < -0.3 is 5.11 Å². The fourth-order valence-electron chi connectivity index (χ4n) is 4.96. The molecule has 1 nitrogen and oxygen atoms in total. The van der Waals surface area contributed by atoms with Gasteiger partial charge in [0.25, 0.3) is 0 Å². The summed E-state index contributed by atoms with van der Waals surface area (Å²) in [5, 5.41) is 11.0. The quantitative estimate of drug-likeness (QED) is 0.754. The summed E-state index contributed by atoms with van der Waals surface area (Å²) in [6.07, 6.45) is 11.9. The summed E-state index contributed by atoms with van der Waals surface area (Å²) in [6.45, 7) is 2.32. The Hall–Kier alpha value is -0.0400. The fraction of sp³-hybridized carbons (Fsp3) is 1.00. The average Bonchev–Trinajstić information content (AvgIpc) is 2.89. The van der Waals surface area contributed by atoms with Crippen molar-refractivity contribution in [3.8, 4) is 0 Å². The van der Waals surface area contributed by atoms with Crippen molar-refractivity contribution in [2.45, 2.75) is 70.3 Å². The molecule has 3 aliphatic carbocycles. The van der Waals surface area contributed by atoms with Crippen LogP contribution in [0.1, 0.15) is 64.7 Å². The Kier molecular flexibility index (Phi) is 2.78. The third-order valence-corrected chi connectivity index (χ3v) is 5.93. The highest BCUT2D eigenvalue weighted by Crippen LogP contribution is 2.56. The monoisotopic (exact) mass is 222 g/mol. The first-order valence-electron chi connectivity index (χ1n) is 7.44. The van der Waals surface area contributed by atoms with E-state index in [1.54, 1.807) is 0 Å². The predicted molar refractivity (Wildman–Crippen MR) is 66.1 cm³/mol. The molecule has 3 fully saturated rings. The molecule has 0 heterocycles. The summed E-state index contributed by atoms with van der Waals surface area (Å²) < 4.78 is 0. The van der Waals surface area contributed by atoms with Crippen molar-refractivity contribution < 1.29 is 5.11 Å². The fourth-order valence-corrected chi connectivity index (χ4v) is 4.96. The molecule has 5 atom stereocenters. The molecule has 92 valence electrons. The molecule has 0 radical (unpaired) electrons. The molecule has 0 spiro atoms. The molecule has 2 bridgehead atoms. The first-order chi connectivity index (χ1) is 7.72. The molecule has 0 aliphatic heterocycles. The van der Waals surface area contributed by atoms with Gasteiger partial charge in [0.1, 0.15) is 0 Å². The van der Waals surface area contributed by atoms with E-state index < -0.39 is 0 Å². The van der Waals surface area contributed by atoms with Crippen molar-refractivity contribution in [2.75, 3.05) is 0 Å². The van der Waals surface area contributed by atoms with Crippen molar-refractivity contribution in [3.63, 3.8) is 0 Å². The minimum atomic E-state index is -0.239. The molecule has 3 rings (SSSR count). The Morgan fingerprint density at radius 1 is 1.06 bits per heavy atom. The van der Waals surface area contributed by atoms with E-state index in [9.17, 15) is 5.11 Å². The van der Waals surface area contributed by atoms with Crippen LogP contribution in [0.25, 0.3) is 0 Å². The Labute approximate surface area is 99.6 Å². The molecule has 16 heavy (non-hydrogen) atoms. The standard InChI is InChI=1S/C15H26O/c1-2-11-4-3-5-13(8-11)15(16)10-12-6-7-14(15)9-12/h11-14,16H,2-10H2,1H3. The summed E-state index contributed by atoms with van der Waals surface area (Å²) in [7, 11) is 0. The topological polar surface area (TPSA) is 20.2 Å². The summed E-state index contributed by atoms with van der Waals surface area (Å²) >= 11 is 0. The van der Waals surface area contributed by atoms with Crippen LogP contribution in [0.15, 0.2) is 0 Å². The molecule has 0 saturated heterocycles. The number of hydrogen-bond acceptors (Lipinski definition) is 1. The smallest absolute Gasteiger partial charge is 0.0706 e. The van der Waals surface area contributed by atoms with E-state index in [0.717, 1.165) is 18.3 Å². The first kappa shape index (κ1) is 11.1. The Morgan fingerprint density at radius 3 is 2.50 bits per heavy atom. The van der Waals surface area contributed by atoms with Gasteiger partial charge >= 0.3 is 0 Å². The molecule has 0 amide bonds. The Balaban J connectivity index is 1.72. The molecular weight excluding hydrogens is 196 g/mol. The van der Waals surface area contributed by atoms with E-state index in [0.29, 0.717) is 11.8 Å². The van der Waals surface area contributed by atoms with Gasteiger partial charge in [0.2, 0.25) is 0 Å². The zero-order valence-corrected chi connectivity index (χ0v) is 10.6. The molecule has 1 heteroatoms. The lowest BCUT2D eigenvalue weighted by molar-refractivity contribution is -0.0826. The van der Waals surface area contributed by atoms with Crippen LogP contribution in [-0.4, -0.2) is 10.7 Å². The van der Waals surface area contributed by atoms with Crippen LogP contribution in [0.2, 0.25) is 0 Å². The molecule has 1 N–H and O–H groups in total. The zero-order chi connectivity index (χ0) is 11.2. The van der Waals surface area contributed by atoms with Crippen LogP contribution < -0.4 is 0 Å². The largest absolute Gasteiger partial charge is 0.389 e. The highest BCUT2D eigenvalue weighted by atomic mass is 16.3. The lowest BCUT2D eigenvalue weighted by atomic mass is 9.66. The van der Waals surface area contributed by atoms with Gasteiger partial charge in [-0.2, -0.15) is 0 Å². The Morgan fingerprint density at radius 2 is 1.88 bits per heavy atom. The van der Waals surface area contributed by atoms with Crippen LogP contribution >= 0.6 is 0 Å². The number of rotatable bonds is 2. The molecular formula is C15H26O. The minimum absolute atomic E-state index is 0.239. The van der Waals surface area contributed by atoms with E-state index >= 15 is 0 Å². The third kappa shape index (κ3) is 1.63. The van der Waals surface area contributed by atoms with E-state index in [1.807, 2.05) is 0 Å². The maximum absolute atomic E-state index is 11.0. The van der Waals surface area contributed by atoms with Crippen LogP contribution in [0.5, 0.6) is 0 Å². The zero-order valence-electron chi connectivity index (χ0n) is 10.6. The highest BCUT2D eigenvalue weighted by Gasteiger charge is 2.54. The second kappa shape index (κ2) is 4.01. The average molecular weight is 222 g/mol. The summed E-state index contributed by atoms with van der Waals surface area (Å²) in [4.78, 5) is 0. The first-order valence-corrected chi connectivity index (χ1v) is 7.44. The van der Waals surface area contributed by atoms with Gasteiger partial charge in [0, 0.05) is 0 Å². The van der Waals surface area contributed by atoms with E-state index in [1.165, 1.54) is 51.4 Å². The summed E-state index contributed by atoms with van der Waals surface area (Å²) in [6, 6.07) is 0. The van der Waals surface area contributed by atoms with Gasteiger partial charge in [-0.1, -0.05) is 26.2 Å². The van der Waals surface area contributed by atoms with Gasteiger partial charge in [0.05, 0.1) is 5.60 Å². The molecule has 0 aromatic heterocycles. The number of aliphatic hydroxyl groups is 1. The summed E-state index contributed by atoms with van der Waals surface area (Å²) in [5.74, 6) is 3.08. The lowest BCUT2D eigenvalue weighted by Gasteiger charge is -2.43. The van der Waals surface area contributed by atoms with Gasteiger partial charge in [-0.3, -0.25) is 0 Å². The molecule has 3 aliphatic rings. The Bertz CT molecular complexity index is 262. The SMILES string of the molecule is CCC1CCCC(C2(O)CC3CCC2C3)C1.